The second-order valence-corrected chi connectivity index (χ2v) is 5.44. The highest BCUT2D eigenvalue weighted by atomic mass is 16.2. The SMILES string of the molecule is Cc1nc([C@@H]2CCCN(C(=O)c3cnccn3)C2)cc(=O)[nH]1. The van der Waals surface area contributed by atoms with Gasteiger partial charge in [0.2, 0.25) is 0 Å². The predicted octanol–water partition coefficient (Wildman–Crippen LogP) is 0.888. The number of aromatic amines is 1. The van der Waals surface area contributed by atoms with E-state index in [-0.39, 0.29) is 17.4 Å². The highest BCUT2D eigenvalue weighted by Crippen LogP contribution is 2.25. The van der Waals surface area contributed by atoms with Crippen LogP contribution in [0.1, 0.15) is 40.8 Å². The summed E-state index contributed by atoms with van der Waals surface area (Å²) in [6.45, 7) is 3.00. The van der Waals surface area contributed by atoms with Gasteiger partial charge < -0.3 is 9.88 Å². The minimum atomic E-state index is -0.153. The second-order valence-electron chi connectivity index (χ2n) is 5.44. The average Bonchev–Trinajstić information content (AvgIpc) is 2.54. The van der Waals surface area contributed by atoms with E-state index in [2.05, 4.69) is 19.9 Å². The number of hydrogen-bond acceptors (Lipinski definition) is 5. The molecule has 3 rings (SSSR count). The standard InChI is InChI=1S/C15H17N5O2/c1-10-18-12(7-14(21)19-10)11-3-2-6-20(9-11)15(22)13-8-16-4-5-17-13/h4-5,7-8,11H,2-3,6,9H2,1H3,(H,18,19,21)/t11-/m1/s1. The highest BCUT2D eigenvalue weighted by molar-refractivity contribution is 5.92. The van der Waals surface area contributed by atoms with E-state index < -0.39 is 0 Å². The summed E-state index contributed by atoms with van der Waals surface area (Å²) in [7, 11) is 0. The fourth-order valence-electron chi connectivity index (χ4n) is 2.79. The lowest BCUT2D eigenvalue weighted by Gasteiger charge is -2.32. The maximum atomic E-state index is 12.4. The van der Waals surface area contributed by atoms with Crippen LogP contribution in [0.15, 0.2) is 29.5 Å². The Kier molecular flexibility index (Phi) is 3.95. The van der Waals surface area contributed by atoms with Crippen LogP contribution in [0.3, 0.4) is 0 Å². The summed E-state index contributed by atoms with van der Waals surface area (Å²) in [5, 5.41) is 0. The van der Waals surface area contributed by atoms with E-state index in [4.69, 9.17) is 0 Å². The van der Waals surface area contributed by atoms with E-state index in [1.54, 1.807) is 18.0 Å². The summed E-state index contributed by atoms with van der Waals surface area (Å²) < 4.78 is 0. The van der Waals surface area contributed by atoms with Crippen molar-refractivity contribution < 1.29 is 4.79 Å². The lowest BCUT2D eigenvalue weighted by molar-refractivity contribution is 0.0699. The van der Waals surface area contributed by atoms with E-state index in [1.807, 2.05) is 0 Å². The predicted molar refractivity (Wildman–Crippen MR) is 79.5 cm³/mol. The molecule has 3 heterocycles. The normalized spacial score (nSPS) is 18.2. The molecule has 0 bridgehead atoms. The number of aryl methyl sites for hydroxylation is 1. The van der Waals surface area contributed by atoms with E-state index >= 15 is 0 Å². The van der Waals surface area contributed by atoms with Crippen LogP contribution in [0, 0.1) is 6.92 Å². The Bertz CT molecular complexity index is 728. The molecule has 0 unspecified atom stereocenters. The smallest absolute Gasteiger partial charge is 0.274 e. The monoisotopic (exact) mass is 299 g/mol. The molecule has 22 heavy (non-hydrogen) atoms. The number of nitrogens with zero attached hydrogens (tertiary/aromatic N) is 4. The van der Waals surface area contributed by atoms with Gasteiger partial charge in [-0.15, -0.1) is 0 Å². The van der Waals surface area contributed by atoms with Gasteiger partial charge in [-0.05, 0) is 19.8 Å². The first-order chi connectivity index (χ1) is 10.6. The van der Waals surface area contributed by atoms with Crippen molar-refractivity contribution >= 4 is 5.91 Å². The van der Waals surface area contributed by atoms with E-state index in [0.717, 1.165) is 18.5 Å². The van der Waals surface area contributed by atoms with Crippen LogP contribution in [0.2, 0.25) is 0 Å². The zero-order chi connectivity index (χ0) is 15.5. The number of carbonyl (C=O) groups excluding carboxylic acids is 1. The lowest BCUT2D eigenvalue weighted by atomic mass is 9.94. The molecule has 7 nitrogen and oxygen atoms in total. The number of nitrogens with one attached hydrogen (secondary N) is 1. The van der Waals surface area contributed by atoms with Crippen LogP contribution >= 0.6 is 0 Å². The Balaban J connectivity index is 1.79. The summed E-state index contributed by atoms with van der Waals surface area (Å²) in [5.41, 5.74) is 0.941. The molecule has 2 aromatic heterocycles. The molecule has 1 amide bonds. The zero-order valence-corrected chi connectivity index (χ0v) is 12.3. The van der Waals surface area contributed by atoms with Crippen molar-refractivity contribution in [3.63, 3.8) is 0 Å². The molecule has 0 saturated carbocycles. The third-order valence-electron chi connectivity index (χ3n) is 3.79. The van der Waals surface area contributed by atoms with Crippen molar-refractivity contribution in [1.29, 1.82) is 0 Å². The molecule has 7 heteroatoms. The zero-order valence-electron chi connectivity index (χ0n) is 12.3. The number of piperidine rings is 1. The minimum Gasteiger partial charge on any atom is -0.337 e. The van der Waals surface area contributed by atoms with Gasteiger partial charge in [-0.3, -0.25) is 14.6 Å². The van der Waals surface area contributed by atoms with Crippen LogP contribution in [0.4, 0.5) is 0 Å². The number of likely N-dealkylation sites (tertiary alicyclic amines) is 1. The van der Waals surface area contributed by atoms with E-state index in [0.29, 0.717) is 24.6 Å². The van der Waals surface area contributed by atoms with Crippen LogP contribution in [-0.2, 0) is 0 Å². The first kappa shape index (κ1) is 14.4. The number of aromatic nitrogens is 4. The van der Waals surface area contributed by atoms with Crippen LogP contribution < -0.4 is 5.56 Å². The van der Waals surface area contributed by atoms with Gasteiger partial charge >= 0.3 is 0 Å². The summed E-state index contributed by atoms with van der Waals surface area (Å²) in [6.07, 6.45) is 6.32. The fourth-order valence-corrected chi connectivity index (χ4v) is 2.79. The van der Waals surface area contributed by atoms with Gasteiger partial charge in [0.25, 0.3) is 11.5 Å². The van der Waals surface area contributed by atoms with Gasteiger partial charge in [0.15, 0.2) is 0 Å². The molecule has 1 atom stereocenters. The lowest BCUT2D eigenvalue weighted by Crippen LogP contribution is -2.40. The quantitative estimate of drug-likeness (QED) is 0.889. The van der Waals surface area contributed by atoms with Crippen molar-refractivity contribution in [2.75, 3.05) is 13.1 Å². The van der Waals surface area contributed by atoms with Gasteiger partial charge in [-0.25, -0.2) is 9.97 Å². The van der Waals surface area contributed by atoms with Crippen molar-refractivity contribution in [2.24, 2.45) is 0 Å². The summed E-state index contributed by atoms with van der Waals surface area (Å²) in [6, 6.07) is 1.52. The van der Waals surface area contributed by atoms with Crippen LogP contribution in [0.25, 0.3) is 0 Å². The van der Waals surface area contributed by atoms with Crippen molar-refractivity contribution in [1.82, 2.24) is 24.8 Å². The Labute approximate surface area is 127 Å². The summed E-state index contributed by atoms with van der Waals surface area (Å²) in [4.78, 5) is 40.8. The molecule has 1 fully saturated rings. The molecule has 1 N–H and O–H groups in total. The van der Waals surface area contributed by atoms with Gasteiger partial charge in [0.1, 0.15) is 11.5 Å². The Hall–Kier alpha value is -2.57. The number of hydrogen-bond donors (Lipinski definition) is 1. The fraction of sp³-hybridized carbons (Fsp3) is 0.400. The van der Waals surface area contributed by atoms with Crippen LogP contribution in [0.5, 0.6) is 0 Å². The molecule has 2 aromatic rings. The first-order valence-corrected chi connectivity index (χ1v) is 7.26. The maximum Gasteiger partial charge on any atom is 0.274 e. The van der Waals surface area contributed by atoms with Gasteiger partial charge in [-0.1, -0.05) is 0 Å². The summed E-state index contributed by atoms with van der Waals surface area (Å²) in [5.74, 6) is 0.551. The third-order valence-corrected chi connectivity index (χ3v) is 3.79. The van der Waals surface area contributed by atoms with Crippen molar-refractivity contribution in [2.45, 2.75) is 25.7 Å². The molecule has 1 saturated heterocycles. The maximum absolute atomic E-state index is 12.4. The molecule has 0 spiro atoms. The topological polar surface area (TPSA) is 91.8 Å². The van der Waals surface area contributed by atoms with E-state index in [9.17, 15) is 9.59 Å². The molecule has 0 aromatic carbocycles. The minimum absolute atomic E-state index is 0.0790. The highest BCUT2D eigenvalue weighted by Gasteiger charge is 2.27. The Morgan fingerprint density at radius 1 is 1.41 bits per heavy atom. The van der Waals surface area contributed by atoms with Crippen molar-refractivity contribution in [3.8, 4) is 0 Å². The van der Waals surface area contributed by atoms with Gasteiger partial charge in [0.05, 0.1) is 11.9 Å². The molecule has 114 valence electrons. The Morgan fingerprint density at radius 2 is 2.27 bits per heavy atom. The molecular weight excluding hydrogens is 282 g/mol. The first-order valence-electron chi connectivity index (χ1n) is 7.26. The number of carbonyl (C=O) groups is 1. The van der Waals surface area contributed by atoms with Crippen molar-refractivity contribution in [3.05, 3.63) is 52.2 Å². The molecule has 0 radical (unpaired) electrons. The molecule has 1 aliphatic rings. The molecular formula is C15H17N5O2. The van der Waals surface area contributed by atoms with Crippen LogP contribution in [-0.4, -0.2) is 43.8 Å². The number of rotatable bonds is 2. The second kappa shape index (κ2) is 6.05. The molecule has 0 aliphatic carbocycles. The van der Waals surface area contributed by atoms with Gasteiger partial charge in [0, 0.05) is 37.5 Å². The number of H-pyrrole nitrogens is 1. The number of amides is 1. The van der Waals surface area contributed by atoms with Gasteiger partial charge in [-0.2, -0.15) is 0 Å². The molecule has 1 aliphatic heterocycles. The third kappa shape index (κ3) is 3.03. The Morgan fingerprint density at radius 3 is 3.00 bits per heavy atom. The largest absolute Gasteiger partial charge is 0.337 e. The average molecular weight is 299 g/mol. The summed E-state index contributed by atoms with van der Waals surface area (Å²) >= 11 is 0. The van der Waals surface area contributed by atoms with E-state index in [1.165, 1.54) is 18.5 Å².